The summed E-state index contributed by atoms with van der Waals surface area (Å²) in [5.74, 6) is 0.885. The molecule has 1 aromatic carbocycles. The van der Waals surface area contributed by atoms with Crippen molar-refractivity contribution in [1.82, 2.24) is 9.97 Å². The van der Waals surface area contributed by atoms with E-state index in [1.165, 1.54) is 18.5 Å². The van der Waals surface area contributed by atoms with E-state index in [0.29, 0.717) is 43.6 Å². The molecule has 0 spiro atoms. The minimum atomic E-state index is -4.42. The number of morpholine rings is 1. The third-order valence-electron chi connectivity index (χ3n) is 4.01. The lowest BCUT2D eigenvalue weighted by atomic mass is 10.0. The largest absolute Gasteiger partial charge is 0.486 e. The van der Waals surface area contributed by atoms with Crippen molar-refractivity contribution in [1.29, 1.82) is 0 Å². The lowest BCUT2D eigenvalue weighted by Gasteiger charge is -2.26. The van der Waals surface area contributed by atoms with Gasteiger partial charge < -0.3 is 19.5 Å². The first-order valence-electron chi connectivity index (χ1n) is 8.33. The second-order valence-electron chi connectivity index (χ2n) is 5.71. The number of benzene rings is 1. The van der Waals surface area contributed by atoms with E-state index in [2.05, 4.69) is 9.97 Å². The molecule has 148 valence electrons. The minimum absolute atomic E-state index is 0.118. The van der Waals surface area contributed by atoms with Crippen LogP contribution in [-0.2, 0) is 17.5 Å². The lowest BCUT2D eigenvalue weighted by molar-refractivity contribution is -0.138. The molecular weight excluding hydrogens is 363 g/mol. The predicted molar refractivity (Wildman–Crippen MR) is 93.7 cm³/mol. The Balaban J connectivity index is 0.00000126. The van der Waals surface area contributed by atoms with Crippen LogP contribution in [0, 0.1) is 6.92 Å². The number of aliphatic hydroxyl groups is 1. The van der Waals surface area contributed by atoms with E-state index in [4.69, 9.17) is 14.6 Å². The van der Waals surface area contributed by atoms with Gasteiger partial charge in [0.25, 0.3) is 0 Å². The van der Waals surface area contributed by atoms with Crippen LogP contribution in [0.15, 0.2) is 30.6 Å². The predicted octanol–water partition coefficient (Wildman–Crippen LogP) is 2.83. The van der Waals surface area contributed by atoms with Gasteiger partial charge in [0.05, 0.1) is 31.2 Å². The summed E-state index contributed by atoms with van der Waals surface area (Å²) >= 11 is 0. The molecule has 1 fully saturated rings. The van der Waals surface area contributed by atoms with Gasteiger partial charge in [-0.25, -0.2) is 9.97 Å². The van der Waals surface area contributed by atoms with Crippen molar-refractivity contribution >= 4 is 5.95 Å². The maximum absolute atomic E-state index is 13.1. The average molecular weight is 385 g/mol. The van der Waals surface area contributed by atoms with Gasteiger partial charge in [0, 0.05) is 25.8 Å². The van der Waals surface area contributed by atoms with Crippen LogP contribution in [0.2, 0.25) is 0 Å². The summed E-state index contributed by atoms with van der Waals surface area (Å²) in [6, 6.07) is 4.08. The van der Waals surface area contributed by atoms with Gasteiger partial charge in [0.1, 0.15) is 6.61 Å². The number of rotatable bonds is 4. The molecule has 0 amide bonds. The zero-order valence-corrected chi connectivity index (χ0v) is 15.2. The normalized spacial score (nSPS) is 14.4. The third-order valence-corrected chi connectivity index (χ3v) is 4.01. The van der Waals surface area contributed by atoms with E-state index in [9.17, 15) is 13.2 Å². The Labute approximate surface area is 155 Å². The highest BCUT2D eigenvalue weighted by Crippen LogP contribution is 2.33. The number of ether oxygens (including phenoxy) is 2. The third kappa shape index (κ3) is 5.54. The molecule has 0 atom stereocenters. The molecule has 0 unspecified atom stereocenters. The van der Waals surface area contributed by atoms with E-state index in [1.54, 1.807) is 13.0 Å². The highest BCUT2D eigenvalue weighted by atomic mass is 19.4. The summed E-state index contributed by atoms with van der Waals surface area (Å²) < 4.78 is 50.1. The molecular formula is C18H22F3N3O3. The molecule has 1 aliphatic heterocycles. The van der Waals surface area contributed by atoms with Gasteiger partial charge in [0.15, 0.2) is 5.75 Å². The maximum atomic E-state index is 13.1. The topological polar surface area (TPSA) is 67.7 Å². The number of aliphatic hydroxyl groups excluding tert-OH is 1. The molecule has 3 rings (SSSR count). The van der Waals surface area contributed by atoms with Crippen molar-refractivity contribution in [3.05, 3.63) is 47.3 Å². The molecule has 0 saturated carbocycles. The maximum Gasteiger partial charge on any atom is 0.416 e. The van der Waals surface area contributed by atoms with Gasteiger partial charge in [-0.05, 0) is 18.6 Å². The Morgan fingerprint density at radius 2 is 1.78 bits per heavy atom. The van der Waals surface area contributed by atoms with E-state index in [-0.39, 0.29) is 12.2 Å². The second-order valence-corrected chi connectivity index (χ2v) is 5.71. The standard InChI is InChI=1S/C17H18F3N3O2.CH4O/c1-12-3-2-4-15(17(18,19)20)14(12)11-25-13-9-21-16(22-10-13)23-5-7-24-8-6-23;1-2/h2-4,9-10H,5-8,11H2,1H3;2H,1H3. The van der Waals surface area contributed by atoms with Crippen molar-refractivity contribution in [2.45, 2.75) is 19.7 Å². The van der Waals surface area contributed by atoms with Crippen molar-refractivity contribution in [2.24, 2.45) is 0 Å². The highest BCUT2D eigenvalue weighted by Gasteiger charge is 2.33. The van der Waals surface area contributed by atoms with Gasteiger partial charge in [-0.2, -0.15) is 13.2 Å². The number of halogens is 3. The molecule has 1 saturated heterocycles. The molecule has 2 heterocycles. The van der Waals surface area contributed by atoms with Crippen LogP contribution in [0.5, 0.6) is 5.75 Å². The molecule has 0 bridgehead atoms. The SMILES string of the molecule is CO.Cc1cccc(C(F)(F)F)c1COc1cnc(N2CCOCC2)nc1. The molecule has 0 radical (unpaired) electrons. The Kier molecular flexibility index (Phi) is 7.37. The minimum Gasteiger partial charge on any atom is -0.486 e. The quantitative estimate of drug-likeness (QED) is 0.873. The molecule has 6 nitrogen and oxygen atoms in total. The second kappa shape index (κ2) is 9.52. The van der Waals surface area contributed by atoms with Gasteiger partial charge in [0.2, 0.25) is 5.95 Å². The molecule has 27 heavy (non-hydrogen) atoms. The fourth-order valence-corrected chi connectivity index (χ4v) is 2.63. The van der Waals surface area contributed by atoms with Crippen LogP contribution < -0.4 is 9.64 Å². The zero-order chi connectivity index (χ0) is 19.9. The molecule has 0 aliphatic carbocycles. The Morgan fingerprint density at radius 3 is 2.37 bits per heavy atom. The number of aryl methyl sites for hydroxylation is 1. The summed E-state index contributed by atoms with van der Waals surface area (Å²) in [5, 5.41) is 7.00. The van der Waals surface area contributed by atoms with Gasteiger partial charge in [-0.15, -0.1) is 0 Å². The van der Waals surface area contributed by atoms with E-state index in [1.807, 2.05) is 4.90 Å². The van der Waals surface area contributed by atoms with Crippen LogP contribution >= 0.6 is 0 Å². The summed E-state index contributed by atoms with van der Waals surface area (Å²) in [4.78, 5) is 10.4. The van der Waals surface area contributed by atoms with Crippen LogP contribution in [0.3, 0.4) is 0 Å². The summed E-state index contributed by atoms with van der Waals surface area (Å²) in [7, 11) is 1.00. The number of alkyl halides is 3. The van der Waals surface area contributed by atoms with E-state index < -0.39 is 11.7 Å². The molecule has 2 aromatic rings. The first-order chi connectivity index (χ1) is 12.9. The summed E-state index contributed by atoms with van der Waals surface area (Å²) in [5.41, 5.74) is -0.0358. The summed E-state index contributed by atoms with van der Waals surface area (Å²) in [6.45, 7) is 4.09. The fraction of sp³-hybridized carbons (Fsp3) is 0.444. The van der Waals surface area contributed by atoms with Crippen molar-refractivity contribution < 1.29 is 27.8 Å². The number of anilines is 1. The zero-order valence-electron chi connectivity index (χ0n) is 15.2. The number of hydrogen-bond donors (Lipinski definition) is 1. The smallest absolute Gasteiger partial charge is 0.416 e. The molecule has 1 aliphatic rings. The lowest BCUT2D eigenvalue weighted by Crippen LogP contribution is -2.37. The fourth-order valence-electron chi connectivity index (χ4n) is 2.63. The van der Waals surface area contributed by atoms with Gasteiger partial charge in [-0.3, -0.25) is 0 Å². The van der Waals surface area contributed by atoms with Crippen LogP contribution in [-0.4, -0.2) is 48.5 Å². The van der Waals surface area contributed by atoms with Crippen molar-refractivity contribution in [2.75, 3.05) is 38.3 Å². The first-order valence-corrected chi connectivity index (χ1v) is 8.33. The van der Waals surface area contributed by atoms with Crippen LogP contribution in [0.25, 0.3) is 0 Å². The van der Waals surface area contributed by atoms with Crippen molar-refractivity contribution in [3.63, 3.8) is 0 Å². The number of nitrogens with zero attached hydrogens (tertiary/aromatic N) is 3. The number of hydrogen-bond acceptors (Lipinski definition) is 6. The average Bonchev–Trinajstić information content (AvgIpc) is 2.69. The molecule has 1 aromatic heterocycles. The molecule has 9 heteroatoms. The van der Waals surface area contributed by atoms with E-state index in [0.717, 1.165) is 13.2 Å². The number of aromatic nitrogens is 2. The Morgan fingerprint density at radius 1 is 1.15 bits per heavy atom. The van der Waals surface area contributed by atoms with E-state index >= 15 is 0 Å². The summed E-state index contributed by atoms with van der Waals surface area (Å²) in [6.07, 6.45) is -1.46. The highest BCUT2D eigenvalue weighted by molar-refractivity contribution is 5.37. The molecule has 1 N–H and O–H groups in total. The van der Waals surface area contributed by atoms with Crippen molar-refractivity contribution in [3.8, 4) is 5.75 Å². The van der Waals surface area contributed by atoms with Gasteiger partial charge >= 0.3 is 6.18 Å². The van der Waals surface area contributed by atoms with Crippen LogP contribution in [0.1, 0.15) is 16.7 Å². The van der Waals surface area contributed by atoms with Gasteiger partial charge in [-0.1, -0.05) is 12.1 Å². The monoisotopic (exact) mass is 385 g/mol. The van der Waals surface area contributed by atoms with Crippen LogP contribution in [0.4, 0.5) is 19.1 Å². The first kappa shape index (κ1) is 20.9. The Hall–Kier alpha value is -2.39. The Bertz CT molecular complexity index is 718.